The van der Waals surface area contributed by atoms with Crippen molar-refractivity contribution in [1.82, 2.24) is 4.98 Å². The van der Waals surface area contributed by atoms with Gasteiger partial charge in [0.1, 0.15) is 4.83 Å². The summed E-state index contributed by atoms with van der Waals surface area (Å²) in [6.07, 6.45) is 1.41. The molecule has 0 aliphatic carbocycles. The van der Waals surface area contributed by atoms with E-state index in [0.29, 0.717) is 16.6 Å². The quantitative estimate of drug-likeness (QED) is 0.941. The van der Waals surface area contributed by atoms with Gasteiger partial charge in [-0.25, -0.2) is 13.4 Å². The minimum Gasteiger partial charge on any atom is -0.505 e. The van der Waals surface area contributed by atoms with Gasteiger partial charge in [-0.15, -0.1) is 0 Å². The van der Waals surface area contributed by atoms with E-state index < -0.39 is 9.84 Å². The van der Waals surface area contributed by atoms with Crippen LogP contribution in [0.2, 0.25) is 0 Å². The first-order chi connectivity index (χ1) is 8.86. The highest BCUT2D eigenvalue weighted by Gasteiger charge is 2.25. The van der Waals surface area contributed by atoms with Crippen LogP contribution in [-0.2, 0) is 9.84 Å². The van der Waals surface area contributed by atoms with Gasteiger partial charge in [-0.1, -0.05) is 24.7 Å². The number of rotatable bonds is 4. The number of unbranched alkanes of at least 4 members (excludes halogenated alkanes) is 1. The van der Waals surface area contributed by atoms with Crippen LogP contribution in [0.1, 0.15) is 31.0 Å². The Bertz CT molecular complexity index is 717. The molecule has 0 saturated heterocycles. The average molecular weight is 299 g/mol. The van der Waals surface area contributed by atoms with E-state index in [1.165, 1.54) is 0 Å². The maximum Gasteiger partial charge on any atom is 0.191 e. The van der Waals surface area contributed by atoms with Gasteiger partial charge in [0.2, 0.25) is 0 Å². The lowest BCUT2D eigenvalue weighted by Crippen LogP contribution is -2.04. The number of fused-ring (bicyclic) bond motifs is 1. The van der Waals surface area contributed by atoms with Gasteiger partial charge in [0, 0.05) is 5.69 Å². The minimum atomic E-state index is -3.42. The predicted octanol–water partition coefficient (Wildman–Crippen LogP) is 3.19. The van der Waals surface area contributed by atoms with Crippen molar-refractivity contribution < 1.29 is 13.5 Å². The lowest BCUT2D eigenvalue weighted by Gasteiger charge is -2.01. The van der Waals surface area contributed by atoms with Gasteiger partial charge in [-0.3, -0.25) is 0 Å². The molecule has 0 aliphatic heterocycles. The van der Waals surface area contributed by atoms with E-state index in [9.17, 15) is 13.5 Å². The van der Waals surface area contributed by atoms with Crippen molar-refractivity contribution in [2.45, 2.75) is 37.8 Å². The molecule has 0 saturated carbocycles. The molecule has 19 heavy (non-hydrogen) atoms. The Balaban J connectivity index is 2.63. The number of pyridine rings is 1. The van der Waals surface area contributed by atoms with Crippen molar-refractivity contribution in [1.29, 1.82) is 0 Å². The molecule has 1 N–H and O–H groups in total. The van der Waals surface area contributed by atoms with Gasteiger partial charge in [-0.2, -0.15) is 0 Å². The normalized spacial score (nSPS) is 12.2. The van der Waals surface area contributed by atoms with E-state index in [0.717, 1.165) is 29.0 Å². The molecule has 0 unspecified atom stereocenters. The Morgan fingerprint density at radius 1 is 1.37 bits per heavy atom. The summed E-state index contributed by atoms with van der Waals surface area (Å²) in [6, 6.07) is 1.84. The van der Waals surface area contributed by atoms with Gasteiger partial charge in [0.15, 0.2) is 19.8 Å². The SMILES string of the molecule is CCCCS(=O)(=O)c1sc2nc(C)cc(C)c2c1O. The van der Waals surface area contributed by atoms with E-state index in [-0.39, 0.29) is 15.7 Å². The number of aryl methyl sites for hydroxylation is 2. The van der Waals surface area contributed by atoms with Crippen LogP contribution in [-0.4, -0.2) is 24.3 Å². The maximum absolute atomic E-state index is 12.2. The molecule has 2 aromatic heterocycles. The van der Waals surface area contributed by atoms with Crippen molar-refractivity contribution >= 4 is 31.4 Å². The Kier molecular flexibility index (Phi) is 3.82. The molecule has 4 nitrogen and oxygen atoms in total. The van der Waals surface area contributed by atoms with Crippen LogP contribution >= 0.6 is 11.3 Å². The fourth-order valence-corrected chi connectivity index (χ4v) is 5.21. The number of aromatic hydroxyl groups is 1. The number of hydrogen-bond acceptors (Lipinski definition) is 5. The van der Waals surface area contributed by atoms with Crippen LogP contribution < -0.4 is 0 Å². The van der Waals surface area contributed by atoms with Crippen LogP contribution in [0.3, 0.4) is 0 Å². The number of aromatic nitrogens is 1. The van der Waals surface area contributed by atoms with Gasteiger partial charge in [-0.05, 0) is 31.9 Å². The van der Waals surface area contributed by atoms with E-state index in [4.69, 9.17) is 0 Å². The van der Waals surface area contributed by atoms with E-state index in [1.54, 1.807) is 0 Å². The third kappa shape index (κ3) is 2.60. The Morgan fingerprint density at radius 3 is 2.68 bits per heavy atom. The highest BCUT2D eigenvalue weighted by atomic mass is 32.2. The molecule has 2 rings (SSSR count). The summed E-state index contributed by atoms with van der Waals surface area (Å²) in [7, 11) is -3.42. The molecule has 0 fully saturated rings. The van der Waals surface area contributed by atoms with E-state index >= 15 is 0 Å². The summed E-state index contributed by atoms with van der Waals surface area (Å²) < 4.78 is 24.5. The first-order valence-corrected chi connectivity index (χ1v) is 8.66. The second kappa shape index (κ2) is 5.09. The highest BCUT2D eigenvalue weighted by molar-refractivity contribution is 7.93. The van der Waals surface area contributed by atoms with Gasteiger partial charge >= 0.3 is 0 Å². The molecule has 2 aromatic rings. The Labute approximate surface area is 117 Å². The molecule has 0 bridgehead atoms. The zero-order chi connectivity index (χ0) is 14.2. The van der Waals surface area contributed by atoms with Crippen molar-refractivity contribution in [3.05, 3.63) is 17.3 Å². The molecular formula is C13H17NO3S2. The topological polar surface area (TPSA) is 67.3 Å². The first kappa shape index (κ1) is 14.3. The molecule has 0 radical (unpaired) electrons. The van der Waals surface area contributed by atoms with Crippen LogP contribution in [0.5, 0.6) is 5.75 Å². The smallest absolute Gasteiger partial charge is 0.191 e. The van der Waals surface area contributed by atoms with Crippen LogP contribution in [0, 0.1) is 13.8 Å². The van der Waals surface area contributed by atoms with Crippen LogP contribution in [0.15, 0.2) is 10.3 Å². The fourth-order valence-electron chi connectivity index (χ4n) is 2.04. The zero-order valence-corrected chi connectivity index (χ0v) is 12.9. The number of nitrogens with zero attached hydrogens (tertiary/aromatic N) is 1. The van der Waals surface area contributed by atoms with Gasteiger partial charge in [0.05, 0.1) is 11.1 Å². The Morgan fingerprint density at radius 2 is 2.05 bits per heavy atom. The molecule has 0 amide bonds. The van der Waals surface area contributed by atoms with Crippen molar-refractivity contribution in [3.63, 3.8) is 0 Å². The first-order valence-electron chi connectivity index (χ1n) is 6.19. The summed E-state index contributed by atoms with van der Waals surface area (Å²) in [6.45, 7) is 5.65. The van der Waals surface area contributed by atoms with E-state index in [1.807, 2.05) is 26.8 Å². The summed E-state index contributed by atoms with van der Waals surface area (Å²) >= 11 is 1.06. The zero-order valence-electron chi connectivity index (χ0n) is 11.2. The highest BCUT2D eigenvalue weighted by Crippen LogP contribution is 2.41. The molecule has 104 valence electrons. The summed E-state index contributed by atoms with van der Waals surface area (Å²) in [4.78, 5) is 4.89. The third-order valence-corrected chi connectivity index (χ3v) is 6.44. The fraction of sp³-hybridized carbons (Fsp3) is 0.462. The van der Waals surface area contributed by atoms with Gasteiger partial charge < -0.3 is 5.11 Å². The maximum atomic E-state index is 12.2. The summed E-state index contributed by atoms with van der Waals surface area (Å²) in [5.41, 5.74) is 1.68. The average Bonchev–Trinajstić information content (AvgIpc) is 2.64. The monoisotopic (exact) mass is 299 g/mol. The van der Waals surface area contributed by atoms with E-state index in [2.05, 4.69) is 4.98 Å². The molecule has 6 heteroatoms. The largest absolute Gasteiger partial charge is 0.505 e. The molecular weight excluding hydrogens is 282 g/mol. The van der Waals surface area contributed by atoms with Gasteiger partial charge in [0.25, 0.3) is 0 Å². The number of thiophene rings is 1. The van der Waals surface area contributed by atoms with Crippen LogP contribution in [0.25, 0.3) is 10.2 Å². The number of sulfone groups is 1. The summed E-state index contributed by atoms with van der Waals surface area (Å²) in [5.74, 6) is -0.0665. The molecule has 0 spiro atoms. The lowest BCUT2D eigenvalue weighted by molar-refractivity contribution is 0.469. The summed E-state index contributed by atoms with van der Waals surface area (Å²) in [5, 5.41) is 10.7. The van der Waals surface area contributed by atoms with Crippen molar-refractivity contribution in [3.8, 4) is 5.75 Å². The molecule has 0 aromatic carbocycles. The second-order valence-electron chi connectivity index (χ2n) is 4.67. The van der Waals surface area contributed by atoms with Crippen molar-refractivity contribution in [2.24, 2.45) is 0 Å². The third-order valence-electron chi connectivity index (χ3n) is 2.98. The predicted molar refractivity (Wildman–Crippen MR) is 77.7 cm³/mol. The lowest BCUT2D eigenvalue weighted by atomic mass is 10.2. The Hall–Kier alpha value is -1.14. The second-order valence-corrected chi connectivity index (χ2v) is 7.97. The van der Waals surface area contributed by atoms with Crippen LogP contribution in [0.4, 0.5) is 0 Å². The standard InChI is InChI=1S/C13H17NO3S2/c1-4-5-6-19(16,17)13-11(15)10-8(2)7-9(3)14-12(10)18-13/h7,15H,4-6H2,1-3H3. The van der Waals surface area contributed by atoms with Crippen molar-refractivity contribution in [2.75, 3.05) is 5.75 Å². The molecule has 2 heterocycles. The number of hydrogen-bond donors (Lipinski definition) is 1. The molecule has 0 aliphatic rings. The molecule has 0 atom stereocenters. The minimum absolute atomic E-state index is 0.0529.